The molecule has 22 heavy (non-hydrogen) atoms. The number of carbonyl (C=O) groups excluding carboxylic acids is 4. The SMILES string of the molecule is O=C(OC(=O)C(F)C(F)(F)F)C(=O)OC(=O)C(F)C(F)(F)F. The monoisotopic (exact) mass is 346 g/mol. The van der Waals surface area contributed by atoms with Gasteiger partial charge in [-0.25, -0.2) is 28.0 Å². The Morgan fingerprint density at radius 2 is 0.864 bits per heavy atom. The molecule has 0 fully saturated rings. The quantitative estimate of drug-likeness (QED) is 0.320. The van der Waals surface area contributed by atoms with Crippen LogP contribution in [0.1, 0.15) is 0 Å². The number of halogens is 8. The molecule has 0 aromatic heterocycles. The first kappa shape index (κ1) is 19.7. The van der Waals surface area contributed by atoms with E-state index >= 15 is 0 Å². The van der Waals surface area contributed by atoms with Gasteiger partial charge in [-0.05, 0) is 0 Å². The fourth-order valence-corrected chi connectivity index (χ4v) is 0.637. The molecule has 0 saturated heterocycles. The zero-order valence-corrected chi connectivity index (χ0v) is 9.63. The Bertz CT molecular complexity index is 436. The Labute approximate surface area is 113 Å². The highest BCUT2D eigenvalue weighted by Gasteiger charge is 2.50. The summed E-state index contributed by atoms with van der Waals surface area (Å²) in [5.74, 6) is -11.4. The topological polar surface area (TPSA) is 86.7 Å². The van der Waals surface area contributed by atoms with Gasteiger partial charge in [0.25, 0.3) is 12.3 Å². The van der Waals surface area contributed by atoms with Crippen LogP contribution in [-0.4, -0.2) is 48.6 Å². The molecule has 0 bridgehead atoms. The molecule has 0 rings (SSSR count). The van der Waals surface area contributed by atoms with Crippen LogP contribution in [0.2, 0.25) is 0 Å². The number of alkyl halides is 8. The average molecular weight is 346 g/mol. The van der Waals surface area contributed by atoms with Crippen molar-refractivity contribution in [1.82, 2.24) is 0 Å². The van der Waals surface area contributed by atoms with Crippen molar-refractivity contribution >= 4 is 23.9 Å². The molecule has 0 radical (unpaired) electrons. The van der Waals surface area contributed by atoms with Crippen LogP contribution in [0.25, 0.3) is 0 Å². The van der Waals surface area contributed by atoms with Gasteiger partial charge in [0.05, 0.1) is 0 Å². The van der Waals surface area contributed by atoms with Gasteiger partial charge in [0.2, 0.25) is 0 Å². The van der Waals surface area contributed by atoms with Gasteiger partial charge in [-0.1, -0.05) is 0 Å². The van der Waals surface area contributed by atoms with Crippen molar-refractivity contribution in [2.24, 2.45) is 0 Å². The van der Waals surface area contributed by atoms with E-state index in [1.807, 2.05) is 0 Å². The third kappa shape index (κ3) is 5.61. The van der Waals surface area contributed by atoms with Gasteiger partial charge in [-0.15, -0.1) is 0 Å². The normalized spacial score (nSPS) is 14.7. The van der Waals surface area contributed by atoms with E-state index < -0.39 is 48.6 Å². The Morgan fingerprint density at radius 1 is 0.636 bits per heavy atom. The number of carbonyl (C=O) groups is 4. The lowest BCUT2D eigenvalue weighted by Gasteiger charge is -2.11. The molecule has 0 aromatic carbocycles. The van der Waals surface area contributed by atoms with Crippen LogP contribution < -0.4 is 0 Å². The standard InChI is InChI=1S/C8H2F8O6/c9-1(7(11,12)13)3(17)21-5(19)6(20)22-4(18)2(10)8(14,15)16/h1-2H. The minimum Gasteiger partial charge on any atom is -0.382 e. The molecular weight excluding hydrogens is 344 g/mol. The number of hydrogen-bond acceptors (Lipinski definition) is 6. The molecule has 6 nitrogen and oxygen atoms in total. The van der Waals surface area contributed by atoms with Crippen molar-refractivity contribution in [3.05, 3.63) is 0 Å². The second-order valence-electron chi connectivity index (χ2n) is 3.23. The Kier molecular flexibility index (Phi) is 5.97. The summed E-state index contributed by atoms with van der Waals surface area (Å²) >= 11 is 0. The lowest BCUT2D eigenvalue weighted by molar-refractivity contribution is -0.209. The maximum atomic E-state index is 12.3. The summed E-state index contributed by atoms with van der Waals surface area (Å²) in [7, 11) is 0. The van der Waals surface area contributed by atoms with Crippen LogP contribution in [0.4, 0.5) is 35.1 Å². The van der Waals surface area contributed by atoms with Crippen LogP contribution in [0.15, 0.2) is 0 Å². The van der Waals surface area contributed by atoms with Crippen molar-refractivity contribution in [2.75, 3.05) is 0 Å². The van der Waals surface area contributed by atoms with Gasteiger partial charge >= 0.3 is 36.2 Å². The van der Waals surface area contributed by atoms with E-state index in [4.69, 9.17) is 0 Å². The molecule has 126 valence electrons. The van der Waals surface area contributed by atoms with Crippen molar-refractivity contribution in [1.29, 1.82) is 0 Å². The van der Waals surface area contributed by atoms with Crippen LogP contribution in [-0.2, 0) is 28.7 Å². The third-order valence-corrected chi connectivity index (χ3v) is 1.54. The maximum absolute atomic E-state index is 12.3. The van der Waals surface area contributed by atoms with Crippen LogP contribution >= 0.6 is 0 Å². The first-order valence-electron chi connectivity index (χ1n) is 4.61. The van der Waals surface area contributed by atoms with Gasteiger partial charge in [0.1, 0.15) is 0 Å². The highest BCUT2D eigenvalue weighted by atomic mass is 19.4. The molecule has 14 heteroatoms. The van der Waals surface area contributed by atoms with Crippen molar-refractivity contribution in [3.63, 3.8) is 0 Å². The molecule has 2 unspecified atom stereocenters. The predicted octanol–water partition coefficient (Wildman–Crippen LogP) is 0.927. The van der Waals surface area contributed by atoms with Gasteiger partial charge in [-0.2, -0.15) is 26.3 Å². The third-order valence-electron chi connectivity index (χ3n) is 1.54. The predicted molar refractivity (Wildman–Crippen MR) is 44.1 cm³/mol. The van der Waals surface area contributed by atoms with Crippen LogP contribution in [0.3, 0.4) is 0 Å². The summed E-state index contributed by atoms with van der Waals surface area (Å²) in [6.07, 6.45) is -20.3. The fourth-order valence-electron chi connectivity index (χ4n) is 0.637. The first-order valence-corrected chi connectivity index (χ1v) is 4.61. The minimum absolute atomic E-state index is 2.75. The molecule has 0 spiro atoms. The largest absolute Gasteiger partial charge is 0.430 e. The average Bonchev–Trinajstić information content (AvgIpc) is 2.34. The Morgan fingerprint density at radius 3 is 1.05 bits per heavy atom. The van der Waals surface area contributed by atoms with E-state index in [2.05, 4.69) is 9.47 Å². The zero-order chi connectivity index (χ0) is 17.9. The van der Waals surface area contributed by atoms with Crippen molar-refractivity contribution in [3.8, 4) is 0 Å². The summed E-state index contributed by atoms with van der Waals surface area (Å²) in [6.45, 7) is 0. The van der Waals surface area contributed by atoms with Crippen LogP contribution in [0, 0.1) is 0 Å². The molecule has 0 N–H and O–H groups in total. The molecular formula is C8H2F8O6. The van der Waals surface area contributed by atoms with Gasteiger partial charge in [0, 0.05) is 0 Å². The van der Waals surface area contributed by atoms with E-state index in [9.17, 15) is 54.3 Å². The highest BCUT2D eigenvalue weighted by Crippen LogP contribution is 2.25. The summed E-state index contributed by atoms with van der Waals surface area (Å²) in [4.78, 5) is 42.0. The number of rotatable bonds is 2. The Hall–Kier alpha value is -2.28. The molecule has 0 aliphatic rings. The maximum Gasteiger partial charge on any atom is 0.430 e. The van der Waals surface area contributed by atoms with Gasteiger partial charge in [0.15, 0.2) is 0 Å². The lowest BCUT2D eigenvalue weighted by Crippen LogP contribution is -2.39. The number of hydrogen-bond donors (Lipinski definition) is 0. The summed E-state index contributed by atoms with van der Waals surface area (Å²) < 4.78 is 101. The van der Waals surface area contributed by atoms with Crippen molar-refractivity contribution < 1.29 is 63.8 Å². The summed E-state index contributed by atoms with van der Waals surface area (Å²) in [5.41, 5.74) is 0. The molecule has 0 aromatic rings. The molecule has 0 amide bonds. The molecule has 0 saturated carbocycles. The number of esters is 4. The van der Waals surface area contributed by atoms with Crippen LogP contribution in [0.5, 0.6) is 0 Å². The van der Waals surface area contributed by atoms with E-state index in [0.29, 0.717) is 0 Å². The first-order chi connectivity index (χ1) is 9.67. The Balaban J connectivity index is 4.68. The van der Waals surface area contributed by atoms with Crippen molar-refractivity contribution in [2.45, 2.75) is 24.7 Å². The molecule has 0 aliphatic heterocycles. The van der Waals surface area contributed by atoms with Gasteiger partial charge < -0.3 is 9.47 Å². The van der Waals surface area contributed by atoms with E-state index in [0.717, 1.165) is 0 Å². The highest BCUT2D eigenvalue weighted by molar-refractivity contribution is 6.33. The minimum atomic E-state index is -5.79. The zero-order valence-electron chi connectivity index (χ0n) is 9.63. The smallest absolute Gasteiger partial charge is 0.382 e. The van der Waals surface area contributed by atoms with E-state index in [1.165, 1.54) is 0 Å². The molecule has 0 heterocycles. The van der Waals surface area contributed by atoms with Gasteiger partial charge in [-0.3, -0.25) is 0 Å². The molecule has 2 atom stereocenters. The van der Waals surface area contributed by atoms with E-state index in [-0.39, 0.29) is 0 Å². The van der Waals surface area contributed by atoms with E-state index in [1.54, 1.807) is 0 Å². The number of ether oxygens (including phenoxy) is 2. The summed E-state index contributed by atoms with van der Waals surface area (Å²) in [6, 6.07) is 0. The summed E-state index contributed by atoms with van der Waals surface area (Å²) in [5, 5.41) is 0. The second kappa shape index (κ2) is 6.65. The second-order valence-corrected chi connectivity index (χ2v) is 3.23. The fraction of sp³-hybridized carbons (Fsp3) is 0.500. The lowest BCUT2D eigenvalue weighted by atomic mass is 10.4. The molecule has 0 aliphatic carbocycles.